The molecule has 0 fully saturated rings. The molecule has 1 heterocycles. The highest BCUT2D eigenvalue weighted by Gasteiger charge is 2.24. The van der Waals surface area contributed by atoms with Crippen LogP contribution in [0.25, 0.3) is 16.6 Å². The van der Waals surface area contributed by atoms with Gasteiger partial charge >= 0.3 is 6.03 Å². The molecule has 0 bridgehead atoms. The topological polar surface area (TPSA) is 76.5 Å². The summed E-state index contributed by atoms with van der Waals surface area (Å²) in [6, 6.07) is 18.5. The maximum atomic E-state index is 13.6. The van der Waals surface area contributed by atoms with Gasteiger partial charge in [0.15, 0.2) is 0 Å². The first-order valence-corrected chi connectivity index (χ1v) is 11.6. The van der Waals surface area contributed by atoms with Crippen LogP contribution >= 0.6 is 27.5 Å². The van der Waals surface area contributed by atoms with Crippen LogP contribution in [0, 0.1) is 0 Å². The van der Waals surface area contributed by atoms with Crippen LogP contribution in [0.4, 0.5) is 10.5 Å². The molecule has 174 valence electrons. The lowest BCUT2D eigenvalue weighted by Crippen LogP contribution is -2.37. The van der Waals surface area contributed by atoms with E-state index in [2.05, 4.69) is 21.2 Å². The number of nitrogens with one attached hydrogen (secondary N) is 1. The number of ether oxygens (including phenoxy) is 1. The van der Waals surface area contributed by atoms with Crippen LogP contribution in [0.5, 0.6) is 5.75 Å². The van der Waals surface area contributed by atoms with E-state index in [-0.39, 0.29) is 11.6 Å². The first-order chi connectivity index (χ1) is 16.3. The van der Waals surface area contributed by atoms with Crippen molar-refractivity contribution in [1.82, 2.24) is 14.5 Å². The van der Waals surface area contributed by atoms with E-state index in [1.165, 1.54) is 9.47 Å². The molecule has 9 heteroatoms. The summed E-state index contributed by atoms with van der Waals surface area (Å²) in [5, 5.41) is 3.77. The Balaban J connectivity index is 1.80. The molecule has 0 spiro atoms. The monoisotopic (exact) mass is 540 g/mol. The van der Waals surface area contributed by atoms with Crippen molar-refractivity contribution in [3.63, 3.8) is 0 Å². The van der Waals surface area contributed by atoms with Crippen LogP contribution in [0.1, 0.15) is 18.8 Å². The number of amides is 2. The number of benzene rings is 3. The average Bonchev–Trinajstić information content (AvgIpc) is 2.83. The van der Waals surface area contributed by atoms with E-state index in [0.29, 0.717) is 38.9 Å². The van der Waals surface area contributed by atoms with Crippen molar-refractivity contribution in [2.45, 2.75) is 13.0 Å². The van der Waals surface area contributed by atoms with Gasteiger partial charge in [-0.15, -0.1) is 0 Å². The molecular weight excluding hydrogens is 520 g/mol. The molecule has 0 aliphatic carbocycles. The molecule has 0 saturated heterocycles. The van der Waals surface area contributed by atoms with Gasteiger partial charge in [0.2, 0.25) is 0 Å². The van der Waals surface area contributed by atoms with E-state index in [1.807, 2.05) is 19.1 Å². The fourth-order valence-corrected chi connectivity index (χ4v) is 4.13. The minimum Gasteiger partial charge on any atom is -0.497 e. The second-order valence-corrected chi connectivity index (χ2v) is 9.05. The highest BCUT2D eigenvalue weighted by atomic mass is 79.9. The number of anilines is 1. The zero-order valence-corrected chi connectivity index (χ0v) is 21.1. The molecule has 4 aromatic rings. The first-order valence-electron chi connectivity index (χ1n) is 10.4. The van der Waals surface area contributed by atoms with Gasteiger partial charge in [0.05, 0.1) is 29.7 Å². The van der Waals surface area contributed by atoms with Gasteiger partial charge in [-0.25, -0.2) is 9.78 Å². The van der Waals surface area contributed by atoms with Crippen LogP contribution in [0.3, 0.4) is 0 Å². The summed E-state index contributed by atoms with van der Waals surface area (Å²) >= 11 is 9.57. The number of carbonyl (C=O) groups is 1. The Hall–Kier alpha value is -3.36. The highest BCUT2D eigenvalue weighted by Crippen LogP contribution is 2.25. The molecule has 1 unspecified atom stereocenters. The third-order valence-electron chi connectivity index (χ3n) is 5.54. The lowest BCUT2D eigenvalue weighted by Gasteiger charge is -2.27. The molecule has 0 radical (unpaired) electrons. The van der Waals surface area contributed by atoms with Gasteiger partial charge < -0.3 is 15.0 Å². The number of carbonyl (C=O) groups excluding carboxylic acids is 1. The molecule has 1 atom stereocenters. The number of methoxy groups -OCH3 is 1. The number of aromatic nitrogens is 2. The Morgan fingerprint density at radius 3 is 2.56 bits per heavy atom. The number of rotatable bonds is 5. The van der Waals surface area contributed by atoms with Gasteiger partial charge in [-0.05, 0) is 67.6 Å². The van der Waals surface area contributed by atoms with Crippen LogP contribution < -0.4 is 15.6 Å². The van der Waals surface area contributed by atoms with Crippen molar-refractivity contribution in [1.29, 1.82) is 0 Å². The molecule has 1 aromatic heterocycles. The van der Waals surface area contributed by atoms with Gasteiger partial charge in [0, 0.05) is 22.2 Å². The van der Waals surface area contributed by atoms with E-state index >= 15 is 0 Å². The van der Waals surface area contributed by atoms with E-state index in [4.69, 9.17) is 21.3 Å². The summed E-state index contributed by atoms with van der Waals surface area (Å²) in [7, 11) is 3.24. The summed E-state index contributed by atoms with van der Waals surface area (Å²) in [5.41, 5.74) is 1.46. The number of nitrogens with zero attached hydrogens (tertiary/aromatic N) is 3. The third kappa shape index (κ3) is 4.78. The van der Waals surface area contributed by atoms with Crippen LogP contribution in [0.15, 0.2) is 76.0 Å². The SMILES string of the molecule is COc1ccc(-n2c(C(C)N(C)C(=O)Nc3cccc(Br)c3)nc3cc(Cl)ccc3c2=O)cc1. The van der Waals surface area contributed by atoms with Crippen molar-refractivity contribution in [2.24, 2.45) is 0 Å². The predicted molar refractivity (Wildman–Crippen MR) is 138 cm³/mol. The lowest BCUT2D eigenvalue weighted by atomic mass is 10.2. The van der Waals surface area contributed by atoms with Gasteiger partial charge in [-0.3, -0.25) is 9.36 Å². The van der Waals surface area contributed by atoms with E-state index in [1.54, 1.807) is 68.8 Å². The summed E-state index contributed by atoms with van der Waals surface area (Å²) in [6.07, 6.45) is 0. The molecule has 0 aliphatic rings. The molecule has 2 amide bonds. The smallest absolute Gasteiger partial charge is 0.322 e. The molecule has 34 heavy (non-hydrogen) atoms. The number of fused-ring (bicyclic) bond motifs is 1. The Kier molecular flexibility index (Phi) is 6.90. The maximum absolute atomic E-state index is 13.6. The number of urea groups is 1. The minimum atomic E-state index is -0.551. The van der Waals surface area contributed by atoms with E-state index < -0.39 is 6.04 Å². The Morgan fingerprint density at radius 1 is 1.15 bits per heavy atom. The zero-order valence-electron chi connectivity index (χ0n) is 18.8. The Morgan fingerprint density at radius 2 is 1.88 bits per heavy atom. The Labute approximate surface area is 210 Å². The quantitative estimate of drug-likeness (QED) is 0.334. The normalized spacial score (nSPS) is 11.8. The number of halogens is 2. The largest absolute Gasteiger partial charge is 0.497 e. The molecule has 3 aromatic carbocycles. The summed E-state index contributed by atoms with van der Waals surface area (Å²) < 4.78 is 7.62. The number of hydrogen-bond acceptors (Lipinski definition) is 4. The van der Waals surface area contributed by atoms with Crippen LogP contribution in [0.2, 0.25) is 5.02 Å². The molecule has 0 saturated carbocycles. The lowest BCUT2D eigenvalue weighted by molar-refractivity contribution is 0.205. The summed E-state index contributed by atoms with van der Waals surface area (Å²) in [5.74, 6) is 1.06. The van der Waals surface area contributed by atoms with Gasteiger partial charge in [-0.2, -0.15) is 0 Å². The van der Waals surface area contributed by atoms with Gasteiger partial charge in [0.25, 0.3) is 5.56 Å². The van der Waals surface area contributed by atoms with Crippen molar-refractivity contribution in [3.05, 3.63) is 92.4 Å². The molecular formula is C25H22BrClN4O3. The fraction of sp³-hybridized carbons (Fsp3) is 0.160. The van der Waals surface area contributed by atoms with Gasteiger partial charge in [0.1, 0.15) is 11.6 Å². The van der Waals surface area contributed by atoms with Gasteiger partial charge in [-0.1, -0.05) is 33.6 Å². The van der Waals surface area contributed by atoms with Crippen molar-refractivity contribution >= 4 is 50.2 Å². The molecule has 1 N–H and O–H groups in total. The van der Waals surface area contributed by atoms with Crippen molar-refractivity contribution < 1.29 is 9.53 Å². The van der Waals surface area contributed by atoms with E-state index in [0.717, 1.165) is 4.47 Å². The first kappa shape index (κ1) is 23.8. The molecule has 0 aliphatic heterocycles. The van der Waals surface area contributed by atoms with Crippen molar-refractivity contribution in [2.75, 3.05) is 19.5 Å². The molecule has 4 rings (SSSR count). The van der Waals surface area contributed by atoms with Crippen LogP contribution in [-0.2, 0) is 0 Å². The standard InChI is InChI=1S/C25H22BrClN4O3/c1-15(30(2)25(33)28-18-6-4-5-16(26)13-18)23-29-22-14-17(27)7-12-21(22)24(32)31(23)19-8-10-20(34-3)11-9-19/h4-15H,1-3H3,(H,28,33). The minimum absolute atomic E-state index is 0.255. The second-order valence-electron chi connectivity index (χ2n) is 7.70. The fourth-order valence-electron chi connectivity index (χ4n) is 3.56. The maximum Gasteiger partial charge on any atom is 0.322 e. The predicted octanol–water partition coefficient (Wildman–Crippen LogP) is 6.04. The van der Waals surface area contributed by atoms with Crippen molar-refractivity contribution in [3.8, 4) is 11.4 Å². The van der Waals surface area contributed by atoms with Crippen LogP contribution in [-0.4, -0.2) is 34.6 Å². The average molecular weight is 542 g/mol. The second kappa shape index (κ2) is 9.87. The van der Waals surface area contributed by atoms with E-state index in [9.17, 15) is 9.59 Å². The number of hydrogen-bond donors (Lipinski definition) is 1. The third-order valence-corrected chi connectivity index (χ3v) is 6.27. The summed E-state index contributed by atoms with van der Waals surface area (Å²) in [6.45, 7) is 1.82. The summed E-state index contributed by atoms with van der Waals surface area (Å²) in [4.78, 5) is 32.8. The zero-order chi connectivity index (χ0) is 24.4. The highest BCUT2D eigenvalue weighted by molar-refractivity contribution is 9.10. The Bertz CT molecular complexity index is 1420. The molecule has 7 nitrogen and oxygen atoms in total.